The highest BCUT2D eigenvalue weighted by Gasteiger charge is 2.32. The monoisotopic (exact) mass is 328 g/mol. The fourth-order valence-electron chi connectivity index (χ4n) is 3.24. The average Bonchev–Trinajstić information content (AvgIpc) is 3.04. The van der Waals surface area contributed by atoms with Crippen molar-refractivity contribution in [2.45, 2.75) is 31.8 Å². The van der Waals surface area contributed by atoms with Crippen LogP contribution in [-0.2, 0) is 0 Å². The summed E-state index contributed by atoms with van der Waals surface area (Å²) in [5.41, 5.74) is 1.08. The first-order valence-electron chi connectivity index (χ1n) is 7.85. The van der Waals surface area contributed by atoms with Crippen LogP contribution in [0.2, 0.25) is 0 Å². The van der Waals surface area contributed by atoms with Gasteiger partial charge in [-0.2, -0.15) is 0 Å². The van der Waals surface area contributed by atoms with E-state index in [1.54, 1.807) is 4.90 Å². The van der Waals surface area contributed by atoms with Crippen LogP contribution in [0.25, 0.3) is 10.8 Å². The number of thiocarbonyl (C=S) groups is 1. The molecule has 0 saturated carbocycles. The number of carbonyl (C=O) groups is 1. The molecule has 1 saturated heterocycles. The number of hydrogen-bond acceptors (Lipinski definition) is 2. The second-order valence-electron chi connectivity index (χ2n) is 5.93. The second-order valence-corrected chi connectivity index (χ2v) is 6.35. The molecule has 2 N–H and O–H groups in total. The zero-order valence-corrected chi connectivity index (χ0v) is 13.8. The number of nitrogens with one attached hydrogen (secondary N) is 1. The average molecular weight is 328 g/mol. The van der Waals surface area contributed by atoms with Gasteiger partial charge in [0.1, 0.15) is 6.04 Å². The fraction of sp³-hybridized carbons (Fsp3) is 0.333. The number of carbonyl (C=O) groups excluding carboxylic acids is 1. The van der Waals surface area contributed by atoms with Gasteiger partial charge in [-0.1, -0.05) is 42.5 Å². The Bertz CT molecular complexity index is 741. The van der Waals surface area contributed by atoms with Crippen LogP contribution in [0.1, 0.15) is 31.4 Å². The van der Waals surface area contributed by atoms with Gasteiger partial charge in [0.05, 0.1) is 6.04 Å². The number of aliphatic hydroxyl groups is 1. The Morgan fingerprint density at radius 1 is 1.30 bits per heavy atom. The summed E-state index contributed by atoms with van der Waals surface area (Å²) in [5.74, 6) is 0. The third-order valence-corrected chi connectivity index (χ3v) is 4.70. The summed E-state index contributed by atoms with van der Waals surface area (Å²) >= 11 is 4.86. The number of hydrogen-bond donors (Lipinski definition) is 2. The van der Waals surface area contributed by atoms with Crippen molar-refractivity contribution in [3.63, 3.8) is 0 Å². The van der Waals surface area contributed by atoms with E-state index in [1.807, 2.05) is 31.2 Å². The minimum absolute atomic E-state index is 0.101. The number of nitrogens with zero attached hydrogens (tertiary/aromatic N) is 1. The first-order chi connectivity index (χ1) is 11.1. The number of amides is 2. The third-order valence-electron chi connectivity index (χ3n) is 4.43. The van der Waals surface area contributed by atoms with Crippen molar-refractivity contribution in [1.82, 2.24) is 10.2 Å². The molecule has 2 atom stereocenters. The summed E-state index contributed by atoms with van der Waals surface area (Å²) in [6.07, 6.45) is 1.59. The number of fused-ring (bicyclic) bond motifs is 1. The van der Waals surface area contributed by atoms with E-state index >= 15 is 0 Å². The molecule has 0 radical (unpaired) electrons. The topological polar surface area (TPSA) is 52.6 Å². The number of benzene rings is 2. The van der Waals surface area contributed by atoms with E-state index in [2.05, 4.69) is 23.5 Å². The molecule has 3 rings (SSSR count). The quantitative estimate of drug-likeness (QED) is 0.839. The van der Waals surface area contributed by atoms with Gasteiger partial charge in [0.25, 0.3) is 0 Å². The van der Waals surface area contributed by atoms with Crippen LogP contribution in [0.3, 0.4) is 0 Å². The van der Waals surface area contributed by atoms with Gasteiger partial charge in [0, 0.05) is 6.54 Å². The molecule has 1 aliphatic rings. The van der Waals surface area contributed by atoms with E-state index in [0.717, 1.165) is 29.2 Å². The van der Waals surface area contributed by atoms with Crippen molar-refractivity contribution >= 4 is 34.1 Å². The predicted molar refractivity (Wildman–Crippen MR) is 95.8 cm³/mol. The molecule has 4 nitrogen and oxygen atoms in total. The van der Waals surface area contributed by atoms with E-state index in [0.29, 0.717) is 6.54 Å². The SMILES string of the molecule is CC(NC(=O)N1CCC[C@H]1C(O)=S)c1cccc2ccccc12. The van der Waals surface area contributed by atoms with Crippen LogP contribution in [0.4, 0.5) is 4.79 Å². The summed E-state index contributed by atoms with van der Waals surface area (Å²) in [4.78, 5) is 14.2. The van der Waals surface area contributed by atoms with Crippen molar-refractivity contribution in [1.29, 1.82) is 0 Å². The Morgan fingerprint density at radius 3 is 2.83 bits per heavy atom. The van der Waals surface area contributed by atoms with Crippen molar-refractivity contribution in [3.05, 3.63) is 48.0 Å². The lowest BCUT2D eigenvalue weighted by molar-refractivity contribution is 0.197. The predicted octanol–water partition coefficient (Wildman–Crippen LogP) is 3.96. The largest absolute Gasteiger partial charge is 0.500 e. The highest BCUT2D eigenvalue weighted by Crippen LogP contribution is 2.25. The molecular formula is C18H20N2O2S. The number of likely N-dealkylation sites (tertiary alicyclic amines) is 1. The molecule has 1 fully saturated rings. The molecule has 1 heterocycles. The Kier molecular flexibility index (Phi) is 4.48. The first kappa shape index (κ1) is 15.7. The minimum Gasteiger partial charge on any atom is -0.500 e. The van der Waals surface area contributed by atoms with Gasteiger partial charge in [-0.3, -0.25) is 0 Å². The second kappa shape index (κ2) is 6.54. The molecule has 23 heavy (non-hydrogen) atoms. The number of aliphatic hydroxyl groups excluding tert-OH is 1. The summed E-state index contributed by atoms with van der Waals surface area (Å²) < 4.78 is 0. The first-order valence-corrected chi connectivity index (χ1v) is 8.26. The lowest BCUT2D eigenvalue weighted by atomic mass is 10.00. The van der Waals surface area contributed by atoms with Gasteiger partial charge in [0.2, 0.25) is 0 Å². The molecule has 120 valence electrons. The lowest BCUT2D eigenvalue weighted by Gasteiger charge is -2.26. The van der Waals surface area contributed by atoms with Crippen LogP contribution in [0.15, 0.2) is 42.5 Å². The maximum atomic E-state index is 12.5. The summed E-state index contributed by atoms with van der Waals surface area (Å²) in [7, 11) is 0. The molecule has 2 aromatic carbocycles. The van der Waals surface area contributed by atoms with Gasteiger partial charge in [-0.25, -0.2) is 4.79 Å². The fourth-order valence-corrected chi connectivity index (χ4v) is 3.49. The minimum atomic E-state index is -0.343. The molecular weight excluding hydrogens is 308 g/mol. The van der Waals surface area contributed by atoms with Gasteiger partial charge >= 0.3 is 6.03 Å². The smallest absolute Gasteiger partial charge is 0.318 e. The van der Waals surface area contributed by atoms with Gasteiger partial charge in [-0.15, -0.1) is 0 Å². The molecule has 0 bridgehead atoms. The van der Waals surface area contributed by atoms with E-state index in [-0.39, 0.29) is 23.2 Å². The highest BCUT2D eigenvalue weighted by molar-refractivity contribution is 7.80. The van der Waals surface area contributed by atoms with Crippen molar-refractivity contribution in [2.75, 3.05) is 6.54 Å². The molecule has 0 aromatic heterocycles. The van der Waals surface area contributed by atoms with Crippen molar-refractivity contribution < 1.29 is 9.90 Å². The van der Waals surface area contributed by atoms with Crippen LogP contribution < -0.4 is 5.32 Å². The molecule has 1 unspecified atom stereocenters. The molecule has 2 amide bonds. The molecule has 0 spiro atoms. The number of urea groups is 1. The molecule has 2 aromatic rings. The Balaban J connectivity index is 1.79. The Morgan fingerprint density at radius 2 is 2.04 bits per heavy atom. The van der Waals surface area contributed by atoms with Crippen molar-refractivity contribution in [3.8, 4) is 0 Å². The highest BCUT2D eigenvalue weighted by atomic mass is 32.1. The van der Waals surface area contributed by atoms with Crippen LogP contribution in [0, 0.1) is 0 Å². The summed E-state index contributed by atoms with van der Waals surface area (Å²) in [5, 5.41) is 14.8. The standard InChI is InChI=1S/C18H20N2O2S/c1-12(14-9-4-7-13-6-2-3-8-15(13)14)19-18(22)20-11-5-10-16(20)17(21)23/h2-4,6-9,12,16H,5,10-11H2,1H3,(H,19,22)(H,21,23)/t12?,16-/m0/s1. The van der Waals surface area contributed by atoms with Gasteiger partial charge in [-0.05, 0) is 48.3 Å². The Labute approximate surface area is 141 Å². The van der Waals surface area contributed by atoms with Crippen LogP contribution in [0.5, 0.6) is 0 Å². The van der Waals surface area contributed by atoms with Crippen LogP contribution in [-0.4, -0.2) is 33.7 Å². The Hall–Kier alpha value is -2.14. The third kappa shape index (κ3) is 3.15. The lowest BCUT2D eigenvalue weighted by Crippen LogP contribution is -2.46. The van der Waals surface area contributed by atoms with Gasteiger partial charge < -0.3 is 15.3 Å². The van der Waals surface area contributed by atoms with Crippen LogP contribution >= 0.6 is 12.2 Å². The van der Waals surface area contributed by atoms with Gasteiger partial charge in [0.15, 0.2) is 5.05 Å². The zero-order chi connectivity index (χ0) is 16.4. The molecule has 1 aliphatic heterocycles. The maximum absolute atomic E-state index is 12.5. The maximum Gasteiger partial charge on any atom is 0.318 e. The van der Waals surface area contributed by atoms with E-state index in [4.69, 9.17) is 12.2 Å². The molecule has 5 heteroatoms. The van der Waals surface area contributed by atoms with E-state index in [1.165, 1.54) is 0 Å². The zero-order valence-electron chi connectivity index (χ0n) is 13.0. The molecule has 0 aliphatic carbocycles. The summed E-state index contributed by atoms with van der Waals surface area (Å²) in [6, 6.07) is 13.6. The van der Waals surface area contributed by atoms with Crippen molar-refractivity contribution in [2.24, 2.45) is 0 Å². The normalized spacial score (nSPS) is 18.8. The van der Waals surface area contributed by atoms with E-state index in [9.17, 15) is 9.90 Å². The summed E-state index contributed by atoms with van der Waals surface area (Å²) in [6.45, 7) is 2.60. The number of rotatable bonds is 3. The van der Waals surface area contributed by atoms with E-state index < -0.39 is 0 Å².